The fraction of sp³-hybridized carbons (Fsp3) is 0. The first-order valence-corrected chi connectivity index (χ1v) is 14.6. The molecular formula is C41H25NO. The van der Waals surface area contributed by atoms with E-state index in [4.69, 9.17) is 9.40 Å². The molecule has 0 aliphatic rings. The molecule has 0 radical (unpaired) electrons. The third-order valence-electron chi connectivity index (χ3n) is 8.66. The summed E-state index contributed by atoms with van der Waals surface area (Å²) in [6, 6.07) is 53.7. The third kappa shape index (κ3) is 3.77. The molecule has 9 aromatic rings. The predicted molar refractivity (Wildman–Crippen MR) is 180 cm³/mol. The molecule has 0 bridgehead atoms. The SMILES string of the molecule is c1ccc(-c2ccc3c(c2)c2ccccc2c2nc(-c4cccc(-c5cccc6c5oc5ccccc56)c4)ccc32)cc1. The van der Waals surface area contributed by atoms with E-state index in [9.17, 15) is 0 Å². The Morgan fingerprint density at radius 2 is 1.02 bits per heavy atom. The van der Waals surface area contributed by atoms with Gasteiger partial charge in [-0.25, -0.2) is 4.98 Å². The summed E-state index contributed by atoms with van der Waals surface area (Å²) in [4.78, 5) is 5.31. The van der Waals surface area contributed by atoms with Crippen LogP contribution in [0.25, 0.3) is 87.9 Å². The minimum atomic E-state index is 0.910. The lowest BCUT2D eigenvalue weighted by Crippen LogP contribution is -1.90. The molecule has 0 unspecified atom stereocenters. The van der Waals surface area contributed by atoms with Gasteiger partial charge in [-0.1, -0.05) is 121 Å². The van der Waals surface area contributed by atoms with Crippen LogP contribution in [0.1, 0.15) is 0 Å². The van der Waals surface area contributed by atoms with E-state index in [-0.39, 0.29) is 0 Å². The minimum Gasteiger partial charge on any atom is -0.455 e. The highest BCUT2D eigenvalue weighted by atomic mass is 16.3. The zero-order valence-corrected chi connectivity index (χ0v) is 23.3. The number of pyridine rings is 1. The fourth-order valence-electron chi connectivity index (χ4n) is 6.60. The zero-order valence-electron chi connectivity index (χ0n) is 23.3. The van der Waals surface area contributed by atoms with Gasteiger partial charge in [-0.3, -0.25) is 0 Å². The number of para-hydroxylation sites is 2. The van der Waals surface area contributed by atoms with Crippen LogP contribution in [0.4, 0.5) is 0 Å². The van der Waals surface area contributed by atoms with Crippen molar-refractivity contribution in [2.24, 2.45) is 0 Å². The maximum atomic E-state index is 6.35. The predicted octanol–water partition coefficient (Wildman–Crippen LogP) is 11.4. The van der Waals surface area contributed by atoms with E-state index in [1.165, 1.54) is 38.1 Å². The van der Waals surface area contributed by atoms with E-state index in [0.29, 0.717) is 0 Å². The highest BCUT2D eigenvalue weighted by molar-refractivity contribution is 6.25. The van der Waals surface area contributed by atoms with E-state index in [1.807, 2.05) is 12.1 Å². The van der Waals surface area contributed by atoms with Crippen LogP contribution in [-0.2, 0) is 0 Å². The summed E-state index contributed by atoms with van der Waals surface area (Å²) in [7, 11) is 0. The summed E-state index contributed by atoms with van der Waals surface area (Å²) >= 11 is 0. The van der Waals surface area contributed by atoms with Gasteiger partial charge < -0.3 is 4.42 Å². The van der Waals surface area contributed by atoms with E-state index in [2.05, 4.69) is 140 Å². The Labute approximate surface area is 248 Å². The van der Waals surface area contributed by atoms with E-state index >= 15 is 0 Å². The van der Waals surface area contributed by atoms with Gasteiger partial charge >= 0.3 is 0 Å². The highest BCUT2D eigenvalue weighted by Crippen LogP contribution is 2.39. The van der Waals surface area contributed by atoms with Crippen molar-refractivity contribution in [1.29, 1.82) is 0 Å². The number of nitrogens with zero attached hydrogens (tertiary/aromatic N) is 1. The molecule has 2 heterocycles. The molecule has 0 atom stereocenters. The van der Waals surface area contributed by atoms with Gasteiger partial charge in [-0.15, -0.1) is 0 Å². The lowest BCUT2D eigenvalue weighted by molar-refractivity contribution is 0.670. The Bertz CT molecular complexity index is 2490. The molecule has 43 heavy (non-hydrogen) atoms. The van der Waals surface area contributed by atoms with Gasteiger partial charge in [0.25, 0.3) is 0 Å². The normalized spacial score (nSPS) is 11.7. The first-order valence-electron chi connectivity index (χ1n) is 14.6. The molecule has 2 heteroatoms. The number of furan rings is 1. The van der Waals surface area contributed by atoms with Crippen molar-refractivity contribution in [3.05, 3.63) is 152 Å². The van der Waals surface area contributed by atoms with Crippen molar-refractivity contribution < 1.29 is 4.42 Å². The number of rotatable bonds is 3. The molecule has 0 saturated carbocycles. The second-order valence-corrected chi connectivity index (χ2v) is 11.1. The Balaban J connectivity index is 1.22. The monoisotopic (exact) mass is 547 g/mol. The maximum Gasteiger partial charge on any atom is 0.143 e. The topological polar surface area (TPSA) is 26.0 Å². The molecule has 0 aliphatic heterocycles. The smallest absolute Gasteiger partial charge is 0.143 e. The summed E-state index contributed by atoms with van der Waals surface area (Å²) < 4.78 is 6.35. The second kappa shape index (κ2) is 9.40. The first kappa shape index (κ1) is 23.9. The standard InChI is InChI=1S/C41H25NO/c1-2-10-26(11-3-1)27-20-21-32-35-22-23-38(42-40(35)34-16-5-4-14-31(34)37(32)25-27)29-13-8-12-28(24-29)30-17-9-18-36-33-15-6-7-19-39(33)43-41(30)36/h1-25H. The summed E-state index contributed by atoms with van der Waals surface area (Å²) in [6.07, 6.45) is 0. The third-order valence-corrected chi connectivity index (χ3v) is 8.66. The molecule has 200 valence electrons. The number of hydrogen-bond donors (Lipinski definition) is 0. The Morgan fingerprint density at radius 1 is 0.372 bits per heavy atom. The van der Waals surface area contributed by atoms with Gasteiger partial charge in [0.2, 0.25) is 0 Å². The van der Waals surface area contributed by atoms with Gasteiger partial charge in [-0.05, 0) is 63.2 Å². The Hall–Kier alpha value is -5.73. The number of fused-ring (bicyclic) bond motifs is 9. The molecule has 0 spiro atoms. The van der Waals surface area contributed by atoms with Crippen LogP contribution in [0, 0.1) is 0 Å². The summed E-state index contributed by atoms with van der Waals surface area (Å²) in [5.41, 5.74) is 9.53. The minimum absolute atomic E-state index is 0.910. The zero-order chi connectivity index (χ0) is 28.3. The molecule has 2 nitrogen and oxygen atoms in total. The second-order valence-electron chi connectivity index (χ2n) is 11.1. The summed E-state index contributed by atoms with van der Waals surface area (Å²) in [5.74, 6) is 0. The quantitative estimate of drug-likeness (QED) is 0.206. The van der Waals surface area contributed by atoms with Crippen LogP contribution in [0.3, 0.4) is 0 Å². The summed E-state index contributed by atoms with van der Waals surface area (Å²) in [6.45, 7) is 0. The molecular weight excluding hydrogens is 522 g/mol. The number of benzene rings is 7. The van der Waals surface area contributed by atoms with Crippen molar-refractivity contribution in [2.45, 2.75) is 0 Å². The maximum absolute atomic E-state index is 6.35. The van der Waals surface area contributed by atoms with E-state index in [0.717, 1.165) is 49.8 Å². The lowest BCUT2D eigenvalue weighted by atomic mass is 9.93. The van der Waals surface area contributed by atoms with Crippen LogP contribution < -0.4 is 0 Å². The van der Waals surface area contributed by atoms with Gasteiger partial charge in [0.05, 0.1) is 11.2 Å². The average molecular weight is 548 g/mol. The van der Waals surface area contributed by atoms with Gasteiger partial charge in [0.1, 0.15) is 11.2 Å². The van der Waals surface area contributed by atoms with Crippen molar-refractivity contribution in [2.75, 3.05) is 0 Å². The van der Waals surface area contributed by atoms with E-state index in [1.54, 1.807) is 0 Å². The molecule has 0 N–H and O–H groups in total. The molecule has 9 rings (SSSR count). The highest BCUT2D eigenvalue weighted by Gasteiger charge is 2.15. The van der Waals surface area contributed by atoms with Crippen LogP contribution in [0.2, 0.25) is 0 Å². The van der Waals surface area contributed by atoms with Gasteiger partial charge in [0, 0.05) is 32.7 Å². The largest absolute Gasteiger partial charge is 0.455 e. The Morgan fingerprint density at radius 3 is 1.93 bits per heavy atom. The van der Waals surface area contributed by atoms with Crippen LogP contribution in [0.5, 0.6) is 0 Å². The molecule has 7 aromatic carbocycles. The molecule has 2 aromatic heterocycles. The van der Waals surface area contributed by atoms with Gasteiger partial charge in [0.15, 0.2) is 0 Å². The van der Waals surface area contributed by atoms with Crippen LogP contribution in [-0.4, -0.2) is 4.98 Å². The van der Waals surface area contributed by atoms with Crippen molar-refractivity contribution in [3.63, 3.8) is 0 Å². The van der Waals surface area contributed by atoms with Crippen molar-refractivity contribution in [1.82, 2.24) is 4.98 Å². The van der Waals surface area contributed by atoms with Crippen molar-refractivity contribution in [3.8, 4) is 33.5 Å². The average Bonchev–Trinajstić information content (AvgIpc) is 3.47. The molecule has 0 amide bonds. The van der Waals surface area contributed by atoms with Crippen LogP contribution >= 0.6 is 0 Å². The lowest BCUT2D eigenvalue weighted by Gasteiger charge is -2.13. The fourth-order valence-corrected chi connectivity index (χ4v) is 6.60. The van der Waals surface area contributed by atoms with Crippen LogP contribution in [0.15, 0.2) is 156 Å². The Kier molecular flexibility index (Phi) is 5.23. The van der Waals surface area contributed by atoms with E-state index < -0.39 is 0 Å². The first-order chi connectivity index (χ1) is 21.3. The molecule has 0 fully saturated rings. The van der Waals surface area contributed by atoms with Crippen molar-refractivity contribution >= 4 is 54.4 Å². The number of hydrogen-bond acceptors (Lipinski definition) is 2. The number of aromatic nitrogens is 1. The molecule has 0 saturated heterocycles. The molecule has 0 aliphatic carbocycles. The van der Waals surface area contributed by atoms with Gasteiger partial charge in [-0.2, -0.15) is 0 Å². The summed E-state index contributed by atoms with van der Waals surface area (Å²) in [5, 5.41) is 8.30.